The Morgan fingerprint density at radius 2 is 2.44 bits per heavy atom. The second-order valence-corrected chi connectivity index (χ2v) is 3.37. The van der Waals surface area contributed by atoms with E-state index in [0.717, 1.165) is 6.54 Å². The van der Waals surface area contributed by atoms with Gasteiger partial charge in [0, 0.05) is 22.9 Å². The quantitative estimate of drug-likeness (QED) is 0.602. The molecule has 52 valence electrons. The first-order valence-corrected chi connectivity index (χ1v) is 4.39. The molecule has 0 spiro atoms. The summed E-state index contributed by atoms with van der Waals surface area (Å²) in [6.45, 7) is 5.50. The van der Waals surface area contributed by atoms with Crippen molar-refractivity contribution >= 4 is 11.8 Å². The fourth-order valence-corrected chi connectivity index (χ4v) is 1.93. The lowest BCUT2D eigenvalue weighted by Crippen LogP contribution is -2.20. The lowest BCUT2D eigenvalue weighted by atomic mass is 10.3. The van der Waals surface area contributed by atoms with Gasteiger partial charge in [-0.05, 0) is 13.3 Å². The van der Waals surface area contributed by atoms with Gasteiger partial charge in [-0.15, -0.1) is 11.8 Å². The van der Waals surface area contributed by atoms with E-state index in [1.54, 1.807) is 0 Å². The lowest BCUT2D eigenvalue weighted by molar-refractivity contribution is 0.835. The first kappa shape index (κ1) is 7.00. The number of hydrogen-bond acceptors (Lipinski definition) is 2. The van der Waals surface area contributed by atoms with Crippen LogP contribution in [0.1, 0.15) is 20.3 Å². The Balaban J connectivity index is 2.59. The molecule has 0 aromatic carbocycles. The van der Waals surface area contributed by atoms with Gasteiger partial charge in [0.15, 0.2) is 0 Å². The lowest BCUT2D eigenvalue weighted by Gasteiger charge is -2.17. The molecule has 0 unspecified atom stereocenters. The minimum absolute atomic E-state index is 1.14. The summed E-state index contributed by atoms with van der Waals surface area (Å²) >= 11 is 1.99. The summed E-state index contributed by atoms with van der Waals surface area (Å²) in [6, 6.07) is 0. The van der Waals surface area contributed by atoms with E-state index < -0.39 is 0 Å². The van der Waals surface area contributed by atoms with E-state index in [2.05, 4.69) is 19.2 Å². The predicted molar refractivity (Wildman–Crippen MR) is 43.5 cm³/mol. The van der Waals surface area contributed by atoms with Crippen LogP contribution < -0.4 is 5.32 Å². The van der Waals surface area contributed by atoms with Crippen LogP contribution in [-0.2, 0) is 0 Å². The average molecular weight is 143 g/mol. The van der Waals surface area contributed by atoms with Crippen molar-refractivity contribution in [3.8, 4) is 0 Å². The molecular weight excluding hydrogens is 130 g/mol. The number of rotatable bonds is 1. The van der Waals surface area contributed by atoms with Crippen molar-refractivity contribution in [2.24, 2.45) is 0 Å². The van der Waals surface area contributed by atoms with Crippen LogP contribution in [-0.4, -0.2) is 12.3 Å². The monoisotopic (exact) mass is 143 g/mol. The highest BCUT2D eigenvalue weighted by Gasteiger charge is 2.05. The Morgan fingerprint density at radius 1 is 1.67 bits per heavy atom. The topological polar surface area (TPSA) is 12.0 Å². The summed E-state index contributed by atoms with van der Waals surface area (Å²) in [5.41, 5.74) is 1.38. The summed E-state index contributed by atoms with van der Waals surface area (Å²) in [7, 11) is 0. The first-order valence-electron chi connectivity index (χ1n) is 3.41. The van der Waals surface area contributed by atoms with Gasteiger partial charge in [-0.1, -0.05) is 6.92 Å². The molecule has 1 nitrogen and oxygen atoms in total. The van der Waals surface area contributed by atoms with Crippen molar-refractivity contribution in [1.29, 1.82) is 0 Å². The highest BCUT2D eigenvalue weighted by molar-refractivity contribution is 8.03. The van der Waals surface area contributed by atoms with Gasteiger partial charge in [0.25, 0.3) is 0 Å². The third-order valence-corrected chi connectivity index (χ3v) is 2.86. The summed E-state index contributed by atoms with van der Waals surface area (Å²) < 4.78 is 0. The minimum atomic E-state index is 1.14. The fraction of sp³-hybridized carbons (Fsp3) is 0.714. The summed E-state index contributed by atoms with van der Waals surface area (Å²) in [6.07, 6.45) is 1.18. The van der Waals surface area contributed by atoms with Gasteiger partial charge in [0.05, 0.1) is 0 Å². The van der Waals surface area contributed by atoms with Crippen LogP contribution >= 0.6 is 11.8 Å². The molecule has 0 radical (unpaired) electrons. The van der Waals surface area contributed by atoms with Crippen molar-refractivity contribution in [1.82, 2.24) is 5.32 Å². The van der Waals surface area contributed by atoms with Gasteiger partial charge in [-0.2, -0.15) is 0 Å². The molecule has 0 amide bonds. The molecule has 0 aliphatic carbocycles. The smallest absolute Gasteiger partial charge is 0.0238 e. The van der Waals surface area contributed by atoms with Gasteiger partial charge in [-0.3, -0.25) is 0 Å². The van der Waals surface area contributed by atoms with Gasteiger partial charge >= 0.3 is 0 Å². The molecule has 1 aliphatic rings. The first-order chi connectivity index (χ1) is 4.34. The van der Waals surface area contributed by atoms with Crippen molar-refractivity contribution in [3.05, 3.63) is 10.6 Å². The van der Waals surface area contributed by atoms with Crippen molar-refractivity contribution < 1.29 is 0 Å². The van der Waals surface area contributed by atoms with Crippen LogP contribution in [0.4, 0.5) is 0 Å². The molecule has 1 heterocycles. The highest BCUT2D eigenvalue weighted by Crippen LogP contribution is 2.24. The Labute approximate surface area is 60.9 Å². The zero-order chi connectivity index (χ0) is 6.69. The molecule has 2 heteroatoms. The Bertz CT molecular complexity index is 129. The predicted octanol–water partition coefficient (Wildman–Crippen LogP) is 1.96. The molecular formula is C7H13NS. The van der Waals surface area contributed by atoms with Crippen LogP contribution in [0.3, 0.4) is 0 Å². The molecule has 1 rings (SSSR count). The van der Waals surface area contributed by atoms with E-state index in [-0.39, 0.29) is 0 Å². The van der Waals surface area contributed by atoms with E-state index in [1.165, 1.54) is 22.8 Å². The summed E-state index contributed by atoms with van der Waals surface area (Å²) in [4.78, 5) is 1.53. The maximum absolute atomic E-state index is 3.34. The van der Waals surface area contributed by atoms with Crippen LogP contribution in [0.15, 0.2) is 10.6 Å². The van der Waals surface area contributed by atoms with Gasteiger partial charge in [0.2, 0.25) is 0 Å². The van der Waals surface area contributed by atoms with Crippen molar-refractivity contribution in [2.45, 2.75) is 20.3 Å². The zero-order valence-electron chi connectivity index (χ0n) is 6.03. The largest absolute Gasteiger partial charge is 0.387 e. The second kappa shape index (κ2) is 3.16. The van der Waals surface area contributed by atoms with Crippen LogP contribution in [0.2, 0.25) is 0 Å². The third-order valence-electron chi connectivity index (χ3n) is 1.51. The van der Waals surface area contributed by atoms with E-state index >= 15 is 0 Å². The van der Waals surface area contributed by atoms with E-state index in [4.69, 9.17) is 0 Å². The van der Waals surface area contributed by atoms with Gasteiger partial charge in [0.1, 0.15) is 0 Å². The standard InChI is InChI=1S/C7H13NS/c1-3-7-6(2)8-4-5-9-7/h8H,3-5H2,1-2H3. The molecule has 0 fully saturated rings. The summed E-state index contributed by atoms with van der Waals surface area (Å²) in [5.74, 6) is 1.24. The maximum atomic E-state index is 3.34. The van der Waals surface area contributed by atoms with Crippen LogP contribution in [0.25, 0.3) is 0 Å². The van der Waals surface area contributed by atoms with Crippen LogP contribution in [0, 0.1) is 0 Å². The number of allylic oxidation sites excluding steroid dienone is 2. The third kappa shape index (κ3) is 1.65. The minimum Gasteiger partial charge on any atom is -0.387 e. The molecule has 0 saturated carbocycles. The number of thioether (sulfide) groups is 1. The molecule has 0 aromatic heterocycles. The Kier molecular flexibility index (Phi) is 2.46. The van der Waals surface area contributed by atoms with Crippen molar-refractivity contribution in [2.75, 3.05) is 12.3 Å². The number of hydrogen-bond donors (Lipinski definition) is 1. The highest BCUT2D eigenvalue weighted by atomic mass is 32.2. The van der Waals surface area contributed by atoms with E-state index in [0.29, 0.717) is 0 Å². The summed E-state index contributed by atoms with van der Waals surface area (Å²) in [5, 5.41) is 3.34. The second-order valence-electron chi connectivity index (χ2n) is 2.18. The van der Waals surface area contributed by atoms with Gasteiger partial charge < -0.3 is 5.32 Å². The van der Waals surface area contributed by atoms with E-state index in [9.17, 15) is 0 Å². The zero-order valence-corrected chi connectivity index (χ0v) is 6.85. The van der Waals surface area contributed by atoms with Crippen molar-refractivity contribution in [3.63, 3.8) is 0 Å². The average Bonchev–Trinajstić information content (AvgIpc) is 1.89. The Morgan fingerprint density at radius 3 is 2.89 bits per heavy atom. The molecule has 0 saturated heterocycles. The normalized spacial score (nSPS) is 19.8. The molecule has 9 heavy (non-hydrogen) atoms. The van der Waals surface area contributed by atoms with E-state index in [1.807, 2.05) is 11.8 Å². The molecule has 0 bridgehead atoms. The molecule has 0 aromatic rings. The number of nitrogens with one attached hydrogen (secondary N) is 1. The van der Waals surface area contributed by atoms with Gasteiger partial charge in [-0.25, -0.2) is 0 Å². The molecule has 1 aliphatic heterocycles. The molecule has 1 N–H and O–H groups in total. The van der Waals surface area contributed by atoms with Crippen LogP contribution in [0.5, 0.6) is 0 Å². The fourth-order valence-electron chi connectivity index (χ4n) is 0.987. The SMILES string of the molecule is CCC1=C(C)NCCS1. The molecule has 0 atom stereocenters. The Hall–Kier alpha value is -0.110. The maximum Gasteiger partial charge on any atom is 0.0238 e.